The van der Waals surface area contributed by atoms with Crippen molar-refractivity contribution in [2.45, 2.75) is 18.9 Å². The Morgan fingerprint density at radius 3 is 2.77 bits per heavy atom. The largest absolute Gasteiger partial charge is 0.392 e. The molecule has 1 rings (SSSR count). The van der Waals surface area contributed by atoms with E-state index < -0.39 is 6.10 Å². The van der Waals surface area contributed by atoms with Gasteiger partial charge in [-0.3, -0.25) is 0 Å². The Morgan fingerprint density at radius 1 is 1.46 bits per heavy atom. The van der Waals surface area contributed by atoms with Crippen LogP contribution in [0.15, 0.2) is 24.3 Å². The lowest BCUT2D eigenvalue weighted by atomic mass is 10.1. The van der Waals surface area contributed by atoms with Crippen molar-refractivity contribution in [3.05, 3.63) is 34.9 Å². The fourth-order valence-corrected chi connectivity index (χ4v) is 1.31. The molecule has 0 aromatic heterocycles. The van der Waals surface area contributed by atoms with Crippen LogP contribution in [0.3, 0.4) is 0 Å². The van der Waals surface area contributed by atoms with E-state index in [-0.39, 0.29) is 6.42 Å². The number of benzene rings is 1. The van der Waals surface area contributed by atoms with Crippen molar-refractivity contribution in [1.82, 2.24) is 0 Å². The van der Waals surface area contributed by atoms with Gasteiger partial charge in [0.25, 0.3) is 0 Å². The molecule has 13 heavy (non-hydrogen) atoms. The molecule has 1 N–H and O–H groups in total. The molecule has 0 amide bonds. The van der Waals surface area contributed by atoms with Crippen molar-refractivity contribution in [2.75, 3.05) is 0 Å². The Morgan fingerprint density at radius 2 is 2.15 bits per heavy atom. The second kappa shape index (κ2) is 4.86. The van der Waals surface area contributed by atoms with Crippen LogP contribution in [0.25, 0.3) is 0 Å². The van der Waals surface area contributed by atoms with E-state index in [0.717, 1.165) is 5.56 Å². The second-order valence-corrected chi connectivity index (χ2v) is 3.22. The highest BCUT2D eigenvalue weighted by Crippen LogP contribution is 2.17. The number of nitrogens with zero attached hydrogens (tertiary/aromatic N) is 1. The first-order chi connectivity index (χ1) is 6.24. The van der Waals surface area contributed by atoms with E-state index in [4.69, 9.17) is 16.9 Å². The summed E-state index contributed by atoms with van der Waals surface area (Å²) in [5, 5.41) is 18.3. The molecule has 0 saturated heterocycles. The predicted molar refractivity (Wildman–Crippen MR) is 51.4 cm³/mol. The van der Waals surface area contributed by atoms with Gasteiger partial charge in [-0.2, -0.15) is 5.26 Å². The van der Waals surface area contributed by atoms with E-state index in [1.54, 1.807) is 6.07 Å². The first-order valence-corrected chi connectivity index (χ1v) is 4.40. The van der Waals surface area contributed by atoms with Crippen LogP contribution >= 0.6 is 11.6 Å². The van der Waals surface area contributed by atoms with Crippen molar-refractivity contribution >= 4 is 11.6 Å². The zero-order valence-corrected chi connectivity index (χ0v) is 7.83. The summed E-state index contributed by atoms with van der Waals surface area (Å²) in [5.41, 5.74) is 0.881. The van der Waals surface area contributed by atoms with Gasteiger partial charge in [0.2, 0.25) is 0 Å². The number of hydrogen-bond donors (Lipinski definition) is 1. The number of aliphatic hydroxyl groups excluding tert-OH is 1. The van der Waals surface area contributed by atoms with Gasteiger partial charge in [-0.25, -0.2) is 0 Å². The smallest absolute Gasteiger partial charge is 0.0710 e. The summed E-state index contributed by atoms with van der Waals surface area (Å²) < 4.78 is 0. The van der Waals surface area contributed by atoms with Crippen LogP contribution in [0.2, 0.25) is 5.02 Å². The molecule has 0 spiro atoms. The van der Waals surface area contributed by atoms with E-state index >= 15 is 0 Å². The average Bonchev–Trinajstić information content (AvgIpc) is 2.09. The molecular formula is C10H10ClNO. The lowest BCUT2D eigenvalue weighted by molar-refractivity contribution is 0.180. The van der Waals surface area contributed by atoms with Crippen LogP contribution in [-0.4, -0.2) is 11.2 Å². The maximum Gasteiger partial charge on any atom is 0.0710 e. The molecule has 0 aliphatic heterocycles. The minimum Gasteiger partial charge on any atom is -0.392 e. The van der Waals surface area contributed by atoms with Crippen LogP contribution in [-0.2, 0) is 6.42 Å². The first-order valence-electron chi connectivity index (χ1n) is 4.02. The fraction of sp³-hybridized carbons (Fsp3) is 0.300. The molecule has 3 heteroatoms. The summed E-state index contributed by atoms with van der Waals surface area (Å²) in [4.78, 5) is 0. The van der Waals surface area contributed by atoms with E-state index in [2.05, 4.69) is 0 Å². The summed E-state index contributed by atoms with van der Waals surface area (Å²) >= 11 is 5.87. The predicted octanol–water partition coefficient (Wildman–Crippen LogP) is 2.16. The van der Waals surface area contributed by atoms with E-state index in [0.29, 0.717) is 11.4 Å². The van der Waals surface area contributed by atoms with Crippen LogP contribution in [0, 0.1) is 11.3 Å². The topological polar surface area (TPSA) is 44.0 Å². The maximum absolute atomic E-state index is 9.35. The number of aliphatic hydroxyl groups is 1. The standard InChI is InChI=1S/C10H10ClNO/c11-10-4-2-1-3-8(10)7-9(13)5-6-12/h1-4,9,13H,5,7H2. The highest BCUT2D eigenvalue weighted by atomic mass is 35.5. The van der Waals surface area contributed by atoms with E-state index in [1.165, 1.54) is 0 Å². The molecule has 0 bridgehead atoms. The molecule has 0 aliphatic rings. The lowest BCUT2D eigenvalue weighted by Crippen LogP contribution is -2.09. The van der Waals surface area contributed by atoms with Crippen molar-refractivity contribution in [2.24, 2.45) is 0 Å². The Labute approximate surface area is 82.4 Å². The van der Waals surface area contributed by atoms with Crippen LogP contribution < -0.4 is 0 Å². The number of nitriles is 1. The van der Waals surface area contributed by atoms with Gasteiger partial charge in [0.15, 0.2) is 0 Å². The third-order valence-corrected chi connectivity index (χ3v) is 2.11. The molecule has 1 unspecified atom stereocenters. The molecule has 0 heterocycles. The number of halogens is 1. The van der Waals surface area contributed by atoms with Gasteiger partial charge in [0.05, 0.1) is 18.6 Å². The van der Waals surface area contributed by atoms with Crippen molar-refractivity contribution in [3.8, 4) is 6.07 Å². The van der Waals surface area contributed by atoms with Gasteiger partial charge in [-0.1, -0.05) is 29.8 Å². The molecule has 0 fully saturated rings. The normalized spacial score (nSPS) is 12.1. The number of rotatable bonds is 3. The summed E-state index contributed by atoms with van der Waals surface area (Å²) in [6.07, 6.45) is -0.0387. The van der Waals surface area contributed by atoms with Crippen molar-refractivity contribution in [1.29, 1.82) is 5.26 Å². The quantitative estimate of drug-likeness (QED) is 0.803. The third kappa shape index (κ3) is 3.06. The average molecular weight is 196 g/mol. The molecule has 2 nitrogen and oxygen atoms in total. The number of hydrogen-bond acceptors (Lipinski definition) is 2. The SMILES string of the molecule is N#CCC(O)Cc1ccccc1Cl. The molecule has 0 radical (unpaired) electrons. The van der Waals surface area contributed by atoms with Crippen LogP contribution in [0.4, 0.5) is 0 Å². The molecule has 68 valence electrons. The Kier molecular flexibility index (Phi) is 3.75. The van der Waals surface area contributed by atoms with Crippen molar-refractivity contribution in [3.63, 3.8) is 0 Å². The zero-order valence-electron chi connectivity index (χ0n) is 7.07. The minimum absolute atomic E-state index is 0.144. The van der Waals surface area contributed by atoms with Gasteiger partial charge >= 0.3 is 0 Å². The Hall–Kier alpha value is -1.04. The van der Waals surface area contributed by atoms with Crippen LogP contribution in [0.1, 0.15) is 12.0 Å². The Balaban J connectivity index is 2.64. The molecular weight excluding hydrogens is 186 g/mol. The molecule has 0 saturated carbocycles. The van der Waals surface area contributed by atoms with Gasteiger partial charge < -0.3 is 5.11 Å². The maximum atomic E-state index is 9.35. The van der Waals surface area contributed by atoms with Gasteiger partial charge in [0.1, 0.15) is 0 Å². The van der Waals surface area contributed by atoms with Gasteiger partial charge in [-0.15, -0.1) is 0 Å². The zero-order chi connectivity index (χ0) is 9.68. The molecule has 1 atom stereocenters. The Bertz CT molecular complexity index is 319. The van der Waals surface area contributed by atoms with E-state index in [9.17, 15) is 5.11 Å². The summed E-state index contributed by atoms with van der Waals surface area (Å²) in [6, 6.07) is 9.24. The first kappa shape index (κ1) is 10.0. The summed E-state index contributed by atoms with van der Waals surface area (Å²) in [6.45, 7) is 0. The molecule has 1 aromatic rings. The third-order valence-electron chi connectivity index (χ3n) is 1.74. The molecule has 1 aromatic carbocycles. The minimum atomic E-state index is -0.620. The highest BCUT2D eigenvalue weighted by Gasteiger charge is 2.06. The second-order valence-electron chi connectivity index (χ2n) is 2.81. The highest BCUT2D eigenvalue weighted by molar-refractivity contribution is 6.31. The molecule has 0 aliphatic carbocycles. The summed E-state index contributed by atoms with van der Waals surface area (Å²) in [7, 11) is 0. The van der Waals surface area contributed by atoms with E-state index in [1.807, 2.05) is 24.3 Å². The van der Waals surface area contributed by atoms with Crippen LogP contribution in [0.5, 0.6) is 0 Å². The monoisotopic (exact) mass is 195 g/mol. The lowest BCUT2D eigenvalue weighted by Gasteiger charge is -2.07. The summed E-state index contributed by atoms with van der Waals surface area (Å²) in [5.74, 6) is 0. The van der Waals surface area contributed by atoms with Crippen molar-refractivity contribution < 1.29 is 5.11 Å². The van der Waals surface area contributed by atoms with Gasteiger partial charge in [0, 0.05) is 11.4 Å². The fourth-order valence-electron chi connectivity index (χ4n) is 1.10. The van der Waals surface area contributed by atoms with Gasteiger partial charge in [-0.05, 0) is 11.6 Å².